The molecule has 0 bridgehead atoms. The smallest absolute Gasteiger partial charge is 0.332 e. The van der Waals surface area contributed by atoms with E-state index in [2.05, 4.69) is 10.2 Å². The Bertz CT molecular complexity index is 458. The van der Waals surface area contributed by atoms with Gasteiger partial charge in [0.15, 0.2) is 0 Å². The Morgan fingerprint density at radius 1 is 1.12 bits per heavy atom. The fraction of sp³-hybridized carbons (Fsp3) is 0.400. The summed E-state index contributed by atoms with van der Waals surface area (Å²) in [7, 11) is -4.58. The number of nitrogens with one attached hydrogen (secondary N) is 1. The van der Waals surface area contributed by atoms with Gasteiger partial charge in [-0.3, -0.25) is 0 Å². The molecule has 0 saturated carbocycles. The maximum atomic E-state index is 12.6. The highest BCUT2D eigenvalue weighted by Crippen LogP contribution is 2.19. The molecule has 1 heterocycles. The van der Waals surface area contributed by atoms with Crippen molar-refractivity contribution >= 4 is 28.3 Å². The van der Waals surface area contributed by atoms with Gasteiger partial charge in [0, 0.05) is 31.9 Å². The zero-order chi connectivity index (χ0) is 11.6. The molecular weight excluding hydrogens is 267 g/mol. The van der Waals surface area contributed by atoms with Crippen molar-refractivity contribution < 1.29 is 12.3 Å². The maximum absolute atomic E-state index is 12.6. The number of halogens is 2. The van der Waals surface area contributed by atoms with Crippen LogP contribution in [0.5, 0.6) is 0 Å². The van der Waals surface area contributed by atoms with E-state index in [1.165, 1.54) is 12.1 Å². The van der Waals surface area contributed by atoms with E-state index in [-0.39, 0.29) is 17.3 Å². The lowest BCUT2D eigenvalue weighted by atomic mass is 10.2. The van der Waals surface area contributed by atoms with Crippen molar-refractivity contribution in [2.45, 2.75) is 4.90 Å². The topological polar surface area (TPSA) is 49.4 Å². The summed E-state index contributed by atoms with van der Waals surface area (Å²) in [5.41, 5.74) is 0.925. The van der Waals surface area contributed by atoms with Gasteiger partial charge >= 0.3 is 10.2 Å². The molecule has 0 unspecified atom stereocenters. The van der Waals surface area contributed by atoms with E-state index < -0.39 is 10.2 Å². The van der Waals surface area contributed by atoms with Crippen molar-refractivity contribution in [3.05, 3.63) is 24.3 Å². The fourth-order valence-corrected chi connectivity index (χ4v) is 2.20. The zero-order valence-electron chi connectivity index (χ0n) is 9.10. The molecule has 96 valence electrons. The largest absolute Gasteiger partial charge is 0.369 e. The van der Waals surface area contributed by atoms with E-state index >= 15 is 0 Å². The third kappa shape index (κ3) is 3.55. The van der Waals surface area contributed by atoms with Crippen molar-refractivity contribution in [1.29, 1.82) is 0 Å². The molecule has 1 aromatic rings. The van der Waals surface area contributed by atoms with Crippen molar-refractivity contribution in [3.8, 4) is 0 Å². The van der Waals surface area contributed by atoms with Crippen LogP contribution in [0.4, 0.5) is 9.57 Å². The van der Waals surface area contributed by atoms with Crippen LogP contribution >= 0.6 is 12.4 Å². The van der Waals surface area contributed by atoms with E-state index in [9.17, 15) is 12.3 Å². The number of hydrogen-bond donors (Lipinski definition) is 1. The second-order valence-corrected chi connectivity index (χ2v) is 5.02. The maximum Gasteiger partial charge on any atom is 0.332 e. The second-order valence-electron chi connectivity index (χ2n) is 3.67. The molecule has 2 rings (SSSR count). The van der Waals surface area contributed by atoms with Gasteiger partial charge in [-0.05, 0) is 24.3 Å². The van der Waals surface area contributed by atoms with Gasteiger partial charge in [0.1, 0.15) is 0 Å². The van der Waals surface area contributed by atoms with E-state index in [0.29, 0.717) is 0 Å². The Labute approximate surface area is 106 Å². The number of nitrogens with zero attached hydrogens (tertiary/aromatic N) is 1. The van der Waals surface area contributed by atoms with Crippen LogP contribution in [0.3, 0.4) is 0 Å². The minimum Gasteiger partial charge on any atom is -0.369 e. The molecule has 1 aliphatic heterocycles. The quantitative estimate of drug-likeness (QED) is 0.827. The number of anilines is 1. The summed E-state index contributed by atoms with van der Waals surface area (Å²) in [5.74, 6) is 0. The molecule has 0 radical (unpaired) electrons. The van der Waals surface area contributed by atoms with Crippen LogP contribution < -0.4 is 10.2 Å². The fourth-order valence-electron chi connectivity index (χ4n) is 1.74. The highest BCUT2D eigenvalue weighted by Gasteiger charge is 2.14. The highest BCUT2D eigenvalue weighted by molar-refractivity contribution is 7.86. The molecule has 7 heteroatoms. The first-order valence-corrected chi connectivity index (χ1v) is 6.46. The van der Waals surface area contributed by atoms with Gasteiger partial charge in [-0.15, -0.1) is 16.3 Å². The van der Waals surface area contributed by atoms with Crippen LogP contribution in [0.2, 0.25) is 0 Å². The van der Waals surface area contributed by atoms with E-state index in [1.54, 1.807) is 12.1 Å². The molecule has 4 nitrogen and oxygen atoms in total. The first-order chi connectivity index (χ1) is 7.57. The molecule has 1 aromatic carbocycles. The van der Waals surface area contributed by atoms with Gasteiger partial charge in [-0.1, -0.05) is 0 Å². The van der Waals surface area contributed by atoms with E-state index in [1.807, 2.05) is 0 Å². The summed E-state index contributed by atoms with van der Waals surface area (Å²) in [6.45, 7) is 3.57. The van der Waals surface area contributed by atoms with Crippen molar-refractivity contribution in [2.24, 2.45) is 0 Å². The Kier molecular flexibility index (Phi) is 4.73. The number of hydrogen-bond acceptors (Lipinski definition) is 4. The van der Waals surface area contributed by atoms with Gasteiger partial charge in [0.25, 0.3) is 0 Å². The SMILES string of the molecule is Cl.O=S(=O)(F)c1ccc(N2CCNCC2)cc1. The molecule has 0 atom stereocenters. The first kappa shape index (κ1) is 14.2. The minimum atomic E-state index is -4.58. The average Bonchev–Trinajstić information content (AvgIpc) is 2.29. The minimum absolute atomic E-state index is 0. The van der Waals surface area contributed by atoms with Crippen molar-refractivity contribution in [2.75, 3.05) is 31.1 Å². The molecule has 1 fully saturated rings. The van der Waals surface area contributed by atoms with Gasteiger partial charge in [0.2, 0.25) is 0 Å². The summed E-state index contributed by atoms with van der Waals surface area (Å²) in [6.07, 6.45) is 0. The third-order valence-electron chi connectivity index (χ3n) is 2.60. The monoisotopic (exact) mass is 280 g/mol. The second kappa shape index (κ2) is 5.66. The molecule has 1 saturated heterocycles. The number of piperazine rings is 1. The van der Waals surface area contributed by atoms with Gasteiger partial charge in [-0.2, -0.15) is 8.42 Å². The molecule has 0 spiro atoms. The number of benzene rings is 1. The van der Waals surface area contributed by atoms with Crippen molar-refractivity contribution in [1.82, 2.24) is 5.32 Å². The summed E-state index contributed by atoms with van der Waals surface area (Å²) >= 11 is 0. The normalized spacial score (nSPS) is 16.4. The first-order valence-electron chi connectivity index (χ1n) is 5.08. The molecule has 1 N–H and O–H groups in total. The van der Waals surface area contributed by atoms with E-state index in [4.69, 9.17) is 0 Å². The van der Waals surface area contributed by atoms with Crippen LogP contribution in [0.25, 0.3) is 0 Å². The predicted octanol–water partition coefficient (Wildman–Crippen LogP) is 1.18. The average molecular weight is 281 g/mol. The lowest BCUT2D eigenvalue weighted by molar-refractivity contribution is 0.552. The van der Waals surface area contributed by atoms with Gasteiger partial charge in [0.05, 0.1) is 4.90 Å². The van der Waals surface area contributed by atoms with Gasteiger partial charge < -0.3 is 10.2 Å². The predicted molar refractivity (Wildman–Crippen MR) is 67.1 cm³/mol. The van der Waals surface area contributed by atoms with Crippen LogP contribution in [0.15, 0.2) is 29.2 Å². The molecule has 0 aromatic heterocycles. The number of rotatable bonds is 2. The van der Waals surface area contributed by atoms with E-state index in [0.717, 1.165) is 31.9 Å². The van der Waals surface area contributed by atoms with Crippen LogP contribution in [0.1, 0.15) is 0 Å². The van der Waals surface area contributed by atoms with Crippen molar-refractivity contribution in [3.63, 3.8) is 0 Å². The molecule has 0 aliphatic carbocycles. The molecule has 0 amide bonds. The Morgan fingerprint density at radius 3 is 2.12 bits per heavy atom. The lowest BCUT2D eigenvalue weighted by Crippen LogP contribution is -2.43. The Hall–Kier alpha value is -0.850. The van der Waals surface area contributed by atoms with Gasteiger partial charge in [-0.25, -0.2) is 0 Å². The van der Waals surface area contributed by atoms with Crippen LogP contribution in [-0.2, 0) is 10.2 Å². The van der Waals surface area contributed by atoms with Crippen LogP contribution in [-0.4, -0.2) is 34.6 Å². The molecular formula is C10H14ClFN2O2S. The Balaban J connectivity index is 0.00000144. The third-order valence-corrected chi connectivity index (χ3v) is 3.44. The summed E-state index contributed by atoms with van der Waals surface area (Å²) < 4.78 is 33.9. The van der Waals surface area contributed by atoms with Crippen LogP contribution in [0, 0.1) is 0 Å². The summed E-state index contributed by atoms with van der Waals surface area (Å²) in [6, 6.07) is 5.87. The lowest BCUT2D eigenvalue weighted by Gasteiger charge is -2.29. The summed E-state index contributed by atoms with van der Waals surface area (Å²) in [5, 5.41) is 3.22. The highest BCUT2D eigenvalue weighted by atomic mass is 35.5. The molecule has 17 heavy (non-hydrogen) atoms. The molecule has 1 aliphatic rings. The Morgan fingerprint density at radius 2 is 1.65 bits per heavy atom. The summed E-state index contributed by atoms with van der Waals surface area (Å²) in [4.78, 5) is 1.84. The zero-order valence-corrected chi connectivity index (χ0v) is 10.7. The standard InChI is InChI=1S/C10H13FN2O2S.ClH/c11-16(14,15)10-3-1-9(2-4-10)13-7-5-12-6-8-13;/h1-4,12H,5-8H2;1H.